The maximum absolute atomic E-state index is 13.2. The van der Waals surface area contributed by atoms with E-state index < -0.39 is 0 Å². The highest BCUT2D eigenvalue weighted by Crippen LogP contribution is 2.39. The molecule has 4 aromatic rings. The molecule has 1 unspecified atom stereocenters. The van der Waals surface area contributed by atoms with Gasteiger partial charge in [-0.3, -0.25) is 4.79 Å². The maximum atomic E-state index is 13.2. The monoisotopic (exact) mass is 457 g/mol. The van der Waals surface area contributed by atoms with E-state index >= 15 is 0 Å². The molecule has 3 aromatic carbocycles. The molecule has 0 saturated carbocycles. The molecule has 1 fully saturated rings. The lowest BCUT2D eigenvalue weighted by Gasteiger charge is -2.20. The molecule has 0 radical (unpaired) electrons. The molecule has 2 heterocycles. The Morgan fingerprint density at radius 3 is 2.38 bits per heavy atom. The summed E-state index contributed by atoms with van der Waals surface area (Å²) in [6.45, 7) is 1.18. The molecule has 34 heavy (non-hydrogen) atoms. The Balaban J connectivity index is 1.51. The van der Waals surface area contributed by atoms with Gasteiger partial charge in [-0.15, -0.1) is 0 Å². The second-order valence-electron chi connectivity index (χ2n) is 8.34. The number of amides is 1. The zero-order valence-electron chi connectivity index (χ0n) is 19.5. The number of fused-ring (bicyclic) bond motifs is 1. The molecular weight excluding hydrogens is 430 g/mol. The second-order valence-corrected chi connectivity index (χ2v) is 8.34. The topological polar surface area (TPSA) is 65.8 Å². The van der Waals surface area contributed by atoms with Gasteiger partial charge in [0.05, 0.1) is 38.1 Å². The van der Waals surface area contributed by atoms with Crippen LogP contribution in [0, 0.1) is 0 Å². The molecule has 1 aliphatic heterocycles. The lowest BCUT2D eigenvalue weighted by atomic mass is 10.1. The number of carbonyl (C=O) groups is 1. The van der Waals surface area contributed by atoms with Crippen molar-refractivity contribution >= 4 is 22.6 Å². The van der Waals surface area contributed by atoms with Crippen molar-refractivity contribution in [2.45, 2.75) is 18.9 Å². The summed E-state index contributed by atoms with van der Waals surface area (Å²) in [4.78, 5) is 19.9. The van der Waals surface area contributed by atoms with E-state index in [0.717, 1.165) is 28.2 Å². The van der Waals surface area contributed by atoms with Crippen molar-refractivity contribution in [1.82, 2.24) is 9.55 Å². The number of rotatable bonds is 7. The quantitative estimate of drug-likeness (QED) is 0.405. The largest absolute Gasteiger partial charge is 0.497 e. The normalized spacial score (nSPS) is 15.7. The summed E-state index contributed by atoms with van der Waals surface area (Å²) in [5.41, 5.74) is 3.84. The predicted octanol–water partition coefficient (Wildman–Crippen LogP) is 4.63. The standard InChI is InChI=1S/C27H27N3O4/c1-32-20-10-8-18(9-11-20)16-30-23-7-5-4-6-22(23)28-27(30)19-14-26(31)29(17-19)24-15-21(33-2)12-13-25(24)34-3/h4-13,15,19H,14,16-17H2,1-3H3. The molecule has 1 aliphatic rings. The zero-order valence-corrected chi connectivity index (χ0v) is 19.5. The third-order valence-corrected chi connectivity index (χ3v) is 6.35. The van der Waals surface area contributed by atoms with E-state index in [4.69, 9.17) is 19.2 Å². The molecule has 1 amide bonds. The highest BCUT2D eigenvalue weighted by molar-refractivity contribution is 5.98. The van der Waals surface area contributed by atoms with E-state index in [9.17, 15) is 4.79 Å². The molecule has 1 aromatic heterocycles. The number of hydrogen-bond donors (Lipinski definition) is 0. The average molecular weight is 458 g/mol. The van der Waals surface area contributed by atoms with Crippen LogP contribution in [-0.2, 0) is 11.3 Å². The van der Waals surface area contributed by atoms with Crippen LogP contribution >= 0.6 is 0 Å². The minimum Gasteiger partial charge on any atom is -0.497 e. The lowest BCUT2D eigenvalue weighted by Crippen LogP contribution is -2.25. The third kappa shape index (κ3) is 3.94. The van der Waals surface area contributed by atoms with Crippen LogP contribution in [0.15, 0.2) is 66.7 Å². The first-order valence-corrected chi connectivity index (χ1v) is 11.2. The van der Waals surface area contributed by atoms with E-state index in [1.807, 2.05) is 48.5 Å². The minimum atomic E-state index is -0.0472. The van der Waals surface area contributed by atoms with Gasteiger partial charge < -0.3 is 23.7 Å². The highest BCUT2D eigenvalue weighted by atomic mass is 16.5. The summed E-state index contributed by atoms with van der Waals surface area (Å²) >= 11 is 0. The van der Waals surface area contributed by atoms with Crippen LogP contribution in [-0.4, -0.2) is 43.3 Å². The number of nitrogens with zero attached hydrogens (tertiary/aromatic N) is 3. The summed E-state index contributed by atoms with van der Waals surface area (Å²) in [5, 5.41) is 0. The average Bonchev–Trinajstić information content (AvgIpc) is 3.44. The maximum Gasteiger partial charge on any atom is 0.227 e. The van der Waals surface area contributed by atoms with E-state index in [2.05, 4.69) is 22.8 Å². The first kappa shape index (κ1) is 21.8. The van der Waals surface area contributed by atoms with Crippen LogP contribution in [0.3, 0.4) is 0 Å². The number of carbonyl (C=O) groups excluding carboxylic acids is 1. The van der Waals surface area contributed by atoms with Gasteiger partial charge >= 0.3 is 0 Å². The van der Waals surface area contributed by atoms with Crippen molar-refractivity contribution in [3.63, 3.8) is 0 Å². The van der Waals surface area contributed by atoms with E-state index in [0.29, 0.717) is 36.7 Å². The molecule has 5 rings (SSSR count). The van der Waals surface area contributed by atoms with Gasteiger partial charge in [-0.2, -0.15) is 0 Å². The Labute approximate surface area is 198 Å². The molecule has 174 valence electrons. The fraction of sp³-hybridized carbons (Fsp3) is 0.259. The molecule has 0 aliphatic carbocycles. The van der Waals surface area contributed by atoms with Gasteiger partial charge in [-0.05, 0) is 42.0 Å². The number of imidazole rings is 1. The fourth-order valence-electron chi connectivity index (χ4n) is 4.61. The molecular formula is C27H27N3O4. The third-order valence-electron chi connectivity index (χ3n) is 6.35. The number of para-hydroxylation sites is 2. The number of anilines is 1. The van der Waals surface area contributed by atoms with Crippen LogP contribution in [0.25, 0.3) is 11.0 Å². The van der Waals surface area contributed by atoms with Gasteiger partial charge in [0.2, 0.25) is 5.91 Å². The first-order valence-electron chi connectivity index (χ1n) is 11.2. The van der Waals surface area contributed by atoms with Crippen molar-refractivity contribution in [1.29, 1.82) is 0 Å². The molecule has 7 nitrogen and oxygen atoms in total. The van der Waals surface area contributed by atoms with E-state index in [1.165, 1.54) is 0 Å². The van der Waals surface area contributed by atoms with Crippen LogP contribution in [0.1, 0.15) is 23.7 Å². The lowest BCUT2D eigenvalue weighted by molar-refractivity contribution is -0.117. The number of methoxy groups -OCH3 is 3. The van der Waals surface area contributed by atoms with Gasteiger partial charge in [0, 0.05) is 31.5 Å². The Hall–Kier alpha value is -4.00. The number of hydrogen-bond acceptors (Lipinski definition) is 5. The SMILES string of the molecule is COc1ccc(Cn2c(C3CC(=O)N(c4cc(OC)ccc4OC)C3)nc3ccccc32)cc1. The van der Waals surface area contributed by atoms with Crippen molar-refractivity contribution in [2.75, 3.05) is 32.8 Å². The molecule has 0 bridgehead atoms. The minimum absolute atomic E-state index is 0.0413. The smallest absolute Gasteiger partial charge is 0.227 e. The Kier molecular flexibility index (Phi) is 5.84. The Morgan fingerprint density at radius 2 is 1.65 bits per heavy atom. The summed E-state index contributed by atoms with van der Waals surface area (Å²) in [6.07, 6.45) is 0.381. The predicted molar refractivity (Wildman–Crippen MR) is 131 cm³/mol. The van der Waals surface area contributed by atoms with Gasteiger partial charge in [-0.1, -0.05) is 24.3 Å². The van der Waals surface area contributed by atoms with Crippen LogP contribution in [0.2, 0.25) is 0 Å². The molecule has 1 atom stereocenters. The van der Waals surface area contributed by atoms with Crippen LogP contribution in [0.5, 0.6) is 17.2 Å². The number of benzene rings is 3. The Morgan fingerprint density at radius 1 is 0.912 bits per heavy atom. The van der Waals surface area contributed by atoms with Crippen LogP contribution < -0.4 is 19.1 Å². The van der Waals surface area contributed by atoms with Crippen molar-refractivity contribution in [3.05, 3.63) is 78.1 Å². The van der Waals surface area contributed by atoms with Crippen molar-refractivity contribution < 1.29 is 19.0 Å². The highest BCUT2D eigenvalue weighted by Gasteiger charge is 2.36. The number of ether oxygens (including phenoxy) is 3. The van der Waals surface area contributed by atoms with Gasteiger partial charge in [0.1, 0.15) is 23.1 Å². The molecule has 7 heteroatoms. The summed E-state index contributed by atoms with van der Waals surface area (Å²) < 4.78 is 18.4. The zero-order chi connectivity index (χ0) is 23.7. The van der Waals surface area contributed by atoms with E-state index in [1.54, 1.807) is 26.2 Å². The second kappa shape index (κ2) is 9.09. The van der Waals surface area contributed by atoms with Crippen LogP contribution in [0.4, 0.5) is 5.69 Å². The van der Waals surface area contributed by atoms with Gasteiger partial charge in [0.15, 0.2) is 0 Å². The molecule has 1 saturated heterocycles. The Bertz CT molecular complexity index is 1330. The molecule has 0 N–H and O–H groups in total. The fourth-order valence-corrected chi connectivity index (χ4v) is 4.61. The van der Waals surface area contributed by atoms with E-state index in [-0.39, 0.29) is 11.8 Å². The van der Waals surface area contributed by atoms with Crippen molar-refractivity contribution in [2.24, 2.45) is 0 Å². The van der Waals surface area contributed by atoms with Crippen molar-refractivity contribution in [3.8, 4) is 17.2 Å². The number of aromatic nitrogens is 2. The van der Waals surface area contributed by atoms with Gasteiger partial charge in [0.25, 0.3) is 0 Å². The molecule has 0 spiro atoms. The van der Waals surface area contributed by atoms with Gasteiger partial charge in [-0.25, -0.2) is 4.98 Å². The summed E-state index contributed by atoms with van der Waals surface area (Å²) in [7, 11) is 4.88. The summed E-state index contributed by atoms with van der Waals surface area (Å²) in [5.74, 6) is 3.05. The first-order chi connectivity index (χ1) is 16.6. The summed E-state index contributed by atoms with van der Waals surface area (Å²) in [6, 6.07) is 21.7.